The first-order valence-electron chi connectivity index (χ1n) is 8.29. The van der Waals surface area contributed by atoms with Gasteiger partial charge in [-0.15, -0.1) is 0 Å². The first-order valence-corrected chi connectivity index (χ1v) is 10.1. The van der Waals surface area contributed by atoms with Crippen molar-refractivity contribution in [3.63, 3.8) is 0 Å². The van der Waals surface area contributed by atoms with Crippen molar-refractivity contribution < 1.29 is 60.3 Å². The van der Waals surface area contributed by atoms with E-state index < -0.39 is 71.0 Å². The van der Waals surface area contributed by atoms with Crippen LogP contribution in [0.2, 0.25) is 0 Å². The second-order valence-electron chi connectivity index (χ2n) is 5.84. The van der Waals surface area contributed by atoms with E-state index in [9.17, 15) is 32.4 Å². The fourth-order valence-corrected chi connectivity index (χ4v) is 2.80. The highest BCUT2D eigenvalue weighted by molar-refractivity contribution is 7.86. The minimum atomic E-state index is -4.24. The van der Waals surface area contributed by atoms with Crippen LogP contribution in [-0.4, -0.2) is 82.7 Å². The van der Waals surface area contributed by atoms with Crippen molar-refractivity contribution in [1.82, 2.24) is 0 Å². The van der Waals surface area contributed by atoms with E-state index in [1.54, 1.807) is 0 Å². The predicted octanol–water partition coefficient (Wildman–Crippen LogP) is -1.14. The molecule has 0 spiro atoms. The van der Waals surface area contributed by atoms with Crippen molar-refractivity contribution >= 4 is 40.0 Å². The number of hydrogen-bond acceptors (Lipinski definition) is 13. The molecule has 0 aromatic heterocycles. The lowest BCUT2D eigenvalue weighted by molar-refractivity contribution is -0.201. The van der Waals surface area contributed by atoms with Gasteiger partial charge in [0.15, 0.2) is 18.3 Å². The third kappa shape index (κ3) is 10.7. The fourth-order valence-electron chi connectivity index (χ4n) is 2.18. The number of methoxy groups -OCH3 is 1. The second-order valence-corrected chi connectivity index (χ2v) is 7.44. The Kier molecular flexibility index (Phi) is 11.0. The van der Waals surface area contributed by atoms with Crippen molar-refractivity contribution in [2.75, 3.05) is 20.0 Å². The van der Waals surface area contributed by atoms with E-state index in [-0.39, 0.29) is 0 Å². The molecule has 0 fully saturated rings. The van der Waals surface area contributed by atoms with Crippen LogP contribution in [0.5, 0.6) is 0 Å². The summed E-state index contributed by atoms with van der Waals surface area (Å²) in [5.74, 6) is -5.06. The summed E-state index contributed by atoms with van der Waals surface area (Å²) in [5, 5.41) is 0. The van der Waals surface area contributed by atoms with Gasteiger partial charge >= 0.3 is 29.8 Å². The van der Waals surface area contributed by atoms with Crippen LogP contribution in [0.25, 0.3) is 0 Å². The van der Waals surface area contributed by atoms with Crippen molar-refractivity contribution in [2.45, 2.75) is 52.1 Å². The van der Waals surface area contributed by atoms with Crippen LogP contribution in [0, 0.1) is 0 Å². The van der Waals surface area contributed by atoms with Crippen LogP contribution in [0.3, 0.4) is 0 Å². The lowest BCUT2D eigenvalue weighted by atomic mass is 10.0. The Bertz CT molecular complexity index is 757. The minimum absolute atomic E-state index is 0.656. The van der Waals surface area contributed by atoms with Gasteiger partial charge in [-0.1, -0.05) is 0 Å². The van der Waals surface area contributed by atoms with Crippen LogP contribution in [0.15, 0.2) is 0 Å². The van der Waals surface area contributed by atoms with Gasteiger partial charge in [0.25, 0.3) is 10.1 Å². The number of rotatable bonds is 11. The molecular weight excluding hydrogens is 432 g/mol. The lowest BCUT2D eigenvalue weighted by Gasteiger charge is -2.34. The number of carbonyl (C=O) groups excluding carboxylic acids is 5. The molecule has 0 bridgehead atoms. The highest BCUT2D eigenvalue weighted by Gasteiger charge is 2.47. The van der Waals surface area contributed by atoms with E-state index in [2.05, 4.69) is 4.74 Å². The summed E-state index contributed by atoms with van der Waals surface area (Å²) < 4.78 is 52.3. The smallest absolute Gasteiger partial charge is 0.351 e. The van der Waals surface area contributed by atoms with E-state index in [4.69, 9.17) is 23.1 Å². The zero-order valence-electron chi connectivity index (χ0n) is 17.2. The van der Waals surface area contributed by atoms with Gasteiger partial charge in [0, 0.05) is 27.7 Å². The maximum absolute atomic E-state index is 12.2. The largest absolute Gasteiger partial charge is 0.466 e. The summed E-state index contributed by atoms with van der Waals surface area (Å²) in [6.07, 6.45) is -6.87. The van der Waals surface area contributed by atoms with Crippen LogP contribution in [0.1, 0.15) is 27.7 Å². The van der Waals surface area contributed by atoms with Crippen LogP contribution in [0.4, 0.5) is 0 Å². The molecule has 0 aliphatic heterocycles. The topological polar surface area (TPSA) is 175 Å². The predicted molar refractivity (Wildman–Crippen MR) is 95.0 cm³/mol. The molecule has 13 nitrogen and oxygen atoms in total. The Morgan fingerprint density at radius 2 is 1.23 bits per heavy atom. The van der Waals surface area contributed by atoms with Crippen molar-refractivity contribution in [3.8, 4) is 0 Å². The van der Waals surface area contributed by atoms with Crippen LogP contribution < -0.4 is 0 Å². The van der Waals surface area contributed by atoms with E-state index >= 15 is 0 Å². The molecule has 0 saturated heterocycles. The fraction of sp³-hybridized carbons (Fsp3) is 0.688. The van der Waals surface area contributed by atoms with E-state index in [1.807, 2.05) is 0 Å². The highest BCUT2D eigenvalue weighted by Crippen LogP contribution is 2.21. The second kappa shape index (κ2) is 12.1. The molecule has 4 atom stereocenters. The number of hydrogen-bond donors (Lipinski definition) is 0. The molecule has 0 heterocycles. The normalized spacial score (nSPS) is 15.0. The molecule has 0 aliphatic rings. The number of carbonyl (C=O) groups is 5. The molecular formula is C16H24O13S. The zero-order chi connectivity index (χ0) is 23.6. The molecule has 0 unspecified atom stereocenters. The van der Waals surface area contributed by atoms with Crippen molar-refractivity contribution in [3.05, 3.63) is 0 Å². The van der Waals surface area contributed by atoms with Crippen molar-refractivity contribution in [2.24, 2.45) is 0 Å². The summed E-state index contributed by atoms with van der Waals surface area (Å²) in [7, 11) is -3.30. The summed E-state index contributed by atoms with van der Waals surface area (Å²) >= 11 is 0. The van der Waals surface area contributed by atoms with Gasteiger partial charge in [0.1, 0.15) is 6.61 Å². The SMILES string of the molecule is COC(=O)[C@H](OC(C)=O)[C@@H](OC(C)=O)[C@H](OC(C)=O)[C@@H](COC(C)=O)OS(C)(=O)=O. The molecule has 0 N–H and O–H groups in total. The van der Waals surface area contributed by atoms with E-state index in [0.29, 0.717) is 6.26 Å². The molecule has 0 rings (SSSR count). The molecule has 14 heteroatoms. The Morgan fingerprint density at radius 3 is 1.60 bits per heavy atom. The number of esters is 5. The molecule has 0 radical (unpaired) electrons. The molecule has 30 heavy (non-hydrogen) atoms. The van der Waals surface area contributed by atoms with E-state index in [1.165, 1.54) is 0 Å². The van der Waals surface area contributed by atoms with Gasteiger partial charge in [0.05, 0.1) is 13.4 Å². The standard InChI is InChI=1S/C16H24O13S/c1-8(17)25-7-12(29-30(6,22)23)13(26-9(2)18)14(27-10(3)19)15(16(21)24-5)28-11(4)20/h12-15H,7H2,1-6H3/t12-,13-,14+,15-/m1/s1. The Morgan fingerprint density at radius 1 is 0.767 bits per heavy atom. The monoisotopic (exact) mass is 456 g/mol. The number of ether oxygens (including phenoxy) is 5. The Hall–Kier alpha value is -2.74. The summed E-state index contributed by atoms with van der Waals surface area (Å²) in [6, 6.07) is 0. The minimum Gasteiger partial charge on any atom is -0.466 e. The average molecular weight is 456 g/mol. The molecule has 0 aromatic carbocycles. The van der Waals surface area contributed by atoms with Crippen molar-refractivity contribution in [1.29, 1.82) is 0 Å². The third-order valence-electron chi connectivity index (χ3n) is 3.07. The maximum atomic E-state index is 12.2. The summed E-state index contributed by atoms with van der Waals surface area (Å²) in [4.78, 5) is 58.0. The zero-order valence-corrected chi connectivity index (χ0v) is 18.0. The first kappa shape index (κ1) is 27.3. The van der Waals surface area contributed by atoms with Gasteiger partial charge in [-0.05, 0) is 0 Å². The van der Waals surface area contributed by atoms with Gasteiger partial charge < -0.3 is 23.7 Å². The summed E-state index contributed by atoms with van der Waals surface area (Å²) in [5.41, 5.74) is 0. The molecule has 172 valence electrons. The van der Waals surface area contributed by atoms with Gasteiger partial charge in [-0.2, -0.15) is 8.42 Å². The van der Waals surface area contributed by atoms with Gasteiger partial charge in [-0.25, -0.2) is 4.79 Å². The molecule has 0 aliphatic carbocycles. The Labute approximate surface area is 173 Å². The molecule has 0 amide bonds. The first-order chi connectivity index (χ1) is 13.7. The lowest BCUT2D eigenvalue weighted by Crippen LogP contribution is -2.55. The van der Waals surface area contributed by atoms with Gasteiger partial charge in [-0.3, -0.25) is 23.4 Å². The third-order valence-corrected chi connectivity index (χ3v) is 3.67. The maximum Gasteiger partial charge on any atom is 0.351 e. The molecule has 0 saturated carbocycles. The summed E-state index contributed by atoms with van der Waals surface area (Å²) in [6.45, 7) is 3.02. The quantitative estimate of drug-likeness (QED) is 0.207. The van der Waals surface area contributed by atoms with Crippen LogP contribution in [-0.2, 0) is 62.0 Å². The highest BCUT2D eigenvalue weighted by atomic mass is 32.2. The molecule has 0 aromatic rings. The van der Waals surface area contributed by atoms with Gasteiger partial charge in [0.2, 0.25) is 6.10 Å². The average Bonchev–Trinajstić information content (AvgIpc) is 2.57. The Balaban J connectivity index is 6.46. The van der Waals surface area contributed by atoms with E-state index in [0.717, 1.165) is 34.8 Å². The van der Waals surface area contributed by atoms with Crippen LogP contribution >= 0.6 is 0 Å².